The number of carbonyl (C=O) groups is 2. The Kier molecular flexibility index (Phi) is 7.34. The van der Waals surface area contributed by atoms with Gasteiger partial charge in [-0.2, -0.15) is 13.2 Å². The van der Waals surface area contributed by atoms with Crippen molar-refractivity contribution in [1.82, 2.24) is 10.3 Å². The number of esters is 1. The fourth-order valence-corrected chi connectivity index (χ4v) is 3.38. The van der Waals surface area contributed by atoms with Gasteiger partial charge in [-0.25, -0.2) is 9.78 Å². The van der Waals surface area contributed by atoms with Gasteiger partial charge in [-0.3, -0.25) is 4.79 Å². The number of nitrogens with zero attached hydrogens (tertiary/aromatic N) is 2. The summed E-state index contributed by atoms with van der Waals surface area (Å²) in [5, 5.41) is 2.48. The maximum Gasteiger partial charge on any atom is 0.416 e. The number of aromatic nitrogens is 1. The molecule has 0 atom stereocenters. The average Bonchev–Trinajstić information content (AvgIpc) is 2.77. The van der Waals surface area contributed by atoms with Crippen molar-refractivity contribution in [3.63, 3.8) is 0 Å². The summed E-state index contributed by atoms with van der Waals surface area (Å²) in [4.78, 5) is 30.2. The zero-order valence-corrected chi connectivity index (χ0v) is 17.8. The molecule has 32 heavy (non-hydrogen) atoms. The quantitative estimate of drug-likeness (QED) is 0.679. The van der Waals surface area contributed by atoms with Crippen LogP contribution in [0, 0.1) is 6.92 Å². The number of benzene rings is 1. The van der Waals surface area contributed by atoms with Crippen LogP contribution in [0.4, 0.5) is 18.9 Å². The van der Waals surface area contributed by atoms with Gasteiger partial charge >= 0.3 is 12.1 Å². The van der Waals surface area contributed by atoms with Crippen LogP contribution in [0.25, 0.3) is 0 Å². The summed E-state index contributed by atoms with van der Waals surface area (Å²) < 4.78 is 51.2. The second-order valence-electron chi connectivity index (χ2n) is 7.17. The van der Waals surface area contributed by atoms with Gasteiger partial charge in [-0.15, -0.1) is 0 Å². The number of aryl methyl sites for hydroxylation is 1. The summed E-state index contributed by atoms with van der Waals surface area (Å²) in [7, 11) is 0. The second-order valence-corrected chi connectivity index (χ2v) is 7.17. The van der Waals surface area contributed by atoms with Crippen LogP contribution in [0.3, 0.4) is 0 Å². The third-order valence-electron chi connectivity index (χ3n) is 5.03. The average molecular weight is 451 g/mol. The number of carbonyl (C=O) groups excluding carboxylic acids is 2. The summed E-state index contributed by atoms with van der Waals surface area (Å²) in [5.41, 5.74) is 0.117. The van der Waals surface area contributed by atoms with E-state index in [1.165, 1.54) is 18.2 Å². The van der Waals surface area contributed by atoms with Crippen LogP contribution < -0.4 is 10.2 Å². The largest absolute Gasteiger partial charge is 0.462 e. The Bertz CT molecular complexity index is 989. The van der Waals surface area contributed by atoms with Crippen molar-refractivity contribution in [3.05, 3.63) is 58.4 Å². The van der Waals surface area contributed by atoms with Crippen LogP contribution in [0.15, 0.2) is 30.3 Å². The molecule has 0 aliphatic carbocycles. The Morgan fingerprint density at radius 3 is 2.53 bits per heavy atom. The van der Waals surface area contributed by atoms with Crippen molar-refractivity contribution in [3.8, 4) is 0 Å². The van der Waals surface area contributed by atoms with E-state index in [2.05, 4.69) is 10.3 Å². The van der Waals surface area contributed by atoms with Crippen molar-refractivity contribution in [2.24, 2.45) is 0 Å². The fraction of sp³-hybridized carbons (Fsp3) is 0.409. The minimum Gasteiger partial charge on any atom is -0.462 e. The maximum absolute atomic E-state index is 13.7. The smallest absolute Gasteiger partial charge is 0.416 e. The summed E-state index contributed by atoms with van der Waals surface area (Å²) in [6.45, 7) is 5.05. The molecule has 0 unspecified atom stereocenters. The molecule has 1 fully saturated rings. The van der Waals surface area contributed by atoms with E-state index in [-0.39, 0.29) is 30.0 Å². The Hall–Kier alpha value is -3.14. The van der Waals surface area contributed by atoms with Crippen molar-refractivity contribution in [2.45, 2.75) is 26.6 Å². The molecular weight excluding hydrogens is 427 g/mol. The Labute approximate surface area is 183 Å². The zero-order valence-electron chi connectivity index (χ0n) is 17.8. The highest BCUT2D eigenvalue weighted by Crippen LogP contribution is 2.35. The Morgan fingerprint density at radius 2 is 1.91 bits per heavy atom. The maximum atomic E-state index is 13.7. The number of alkyl halides is 3. The number of halogens is 3. The molecule has 0 bridgehead atoms. The highest BCUT2D eigenvalue weighted by molar-refractivity contribution is 5.95. The number of hydrogen-bond donors (Lipinski definition) is 1. The van der Waals surface area contributed by atoms with Crippen molar-refractivity contribution in [2.75, 3.05) is 37.8 Å². The van der Waals surface area contributed by atoms with Gasteiger partial charge in [0.15, 0.2) is 0 Å². The van der Waals surface area contributed by atoms with Gasteiger partial charge in [0.05, 0.1) is 36.6 Å². The zero-order chi connectivity index (χ0) is 23.3. The van der Waals surface area contributed by atoms with Gasteiger partial charge in [0.1, 0.15) is 5.69 Å². The number of rotatable bonds is 6. The van der Waals surface area contributed by atoms with E-state index in [0.717, 1.165) is 6.07 Å². The van der Waals surface area contributed by atoms with Gasteiger partial charge in [-0.1, -0.05) is 6.07 Å². The minimum absolute atomic E-state index is 0.00551. The van der Waals surface area contributed by atoms with Crippen molar-refractivity contribution >= 4 is 17.6 Å². The molecule has 1 aromatic carbocycles. The van der Waals surface area contributed by atoms with Gasteiger partial charge in [0, 0.05) is 25.3 Å². The molecule has 0 saturated carbocycles. The van der Waals surface area contributed by atoms with E-state index in [1.807, 2.05) is 4.90 Å². The lowest BCUT2D eigenvalue weighted by molar-refractivity contribution is -0.138. The normalized spacial score (nSPS) is 14.2. The summed E-state index contributed by atoms with van der Waals surface area (Å²) in [6, 6.07) is 6.83. The van der Waals surface area contributed by atoms with E-state index in [9.17, 15) is 22.8 Å². The van der Waals surface area contributed by atoms with E-state index in [1.54, 1.807) is 19.9 Å². The molecule has 1 saturated heterocycles. The summed E-state index contributed by atoms with van der Waals surface area (Å²) >= 11 is 0. The van der Waals surface area contributed by atoms with E-state index >= 15 is 0 Å². The SMILES string of the molecule is CCOC(=O)c1ccc(C(=O)NCc2ccc(N3CCOCC3)cc2C(F)(F)F)nc1C. The van der Waals surface area contributed by atoms with Crippen LogP contribution in [-0.2, 0) is 22.2 Å². The summed E-state index contributed by atoms with van der Waals surface area (Å²) in [5.74, 6) is -1.20. The Morgan fingerprint density at radius 1 is 1.19 bits per heavy atom. The molecule has 1 aliphatic heterocycles. The highest BCUT2D eigenvalue weighted by Gasteiger charge is 2.34. The number of morpholine rings is 1. The number of ether oxygens (including phenoxy) is 2. The first-order chi connectivity index (χ1) is 15.2. The van der Waals surface area contributed by atoms with Gasteiger partial charge in [0.2, 0.25) is 0 Å². The Balaban J connectivity index is 1.75. The molecule has 2 heterocycles. The first kappa shape index (κ1) is 23.5. The standard InChI is InChI=1S/C22H24F3N3O4/c1-3-32-21(30)17-6-7-19(27-14(17)2)20(29)26-13-15-4-5-16(12-18(15)22(23,24)25)28-8-10-31-11-9-28/h4-7,12H,3,8-11,13H2,1-2H3,(H,26,29). The summed E-state index contributed by atoms with van der Waals surface area (Å²) in [6.07, 6.45) is -4.57. The van der Waals surface area contributed by atoms with E-state index in [4.69, 9.17) is 9.47 Å². The van der Waals surface area contributed by atoms with Crippen LogP contribution in [0.2, 0.25) is 0 Å². The molecule has 3 rings (SSSR count). The van der Waals surface area contributed by atoms with Crippen LogP contribution in [-0.4, -0.2) is 49.8 Å². The van der Waals surface area contributed by atoms with Crippen molar-refractivity contribution in [1.29, 1.82) is 0 Å². The predicted molar refractivity (Wildman–Crippen MR) is 111 cm³/mol. The van der Waals surface area contributed by atoms with Crippen LogP contribution in [0.5, 0.6) is 0 Å². The predicted octanol–water partition coefficient (Wildman–Crippen LogP) is 3.35. The van der Waals surface area contributed by atoms with E-state index in [0.29, 0.717) is 37.7 Å². The molecule has 172 valence electrons. The third-order valence-corrected chi connectivity index (χ3v) is 5.03. The van der Waals surface area contributed by atoms with Gasteiger partial charge < -0.3 is 19.7 Å². The number of hydrogen-bond acceptors (Lipinski definition) is 6. The molecular formula is C22H24F3N3O4. The minimum atomic E-state index is -4.57. The molecule has 1 N–H and O–H groups in total. The molecule has 10 heteroatoms. The molecule has 1 aromatic heterocycles. The molecule has 2 aromatic rings. The van der Waals surface area contributed by atoms with Gasteiger partial charge in [-0.05, 0) is 43.7 Å². The van der Waals surface area contributed by atoms with Gasteiger partial charge in [0.25, 0.3) is 5.91 Å². The monoisotopic (exact) mass is 451 g/mol. The molecule has 1 amide bonds. The van der Waals surface area contributed by atoms with E-state index < -0.39 is 23.6 Å². The molecule has 0 spiro atoms. The second kappa shape index (κ2) is 9.99. The topological polar surface area (TPSA) is 80.8 Å². The molecule has 0 radical (unpaired) electrons. The van der Waals surface area contributed by atoms with Crippen molar-refractivity contribution < 1.29 is 32.2 Å². The lowest BCUT2D eigenvalue weighted by Gasteiger charge is -2.29. The first-order valence-corrected chi connectivity index (χ1v) is 10.2. The molecule has 7 nitrogen and oxygen atoms in total. The fourth-order valence-electron chi connectivity index (χ4n) is 3.38. The third kappa shape index (κ3) is 5.56. The number of pyridine rings is 1. The number of nitrogens with one attached hydrogen (secondary N) is 1. The molecule has 1 aliphatic rings. The lowest BCUT2D eigenvalue weighted by Crippen LogP contribution is -2.36. The highest BCUT2D eigenvalue weighted by atomic mass is 19.4. The lowest BCUT2D eigenvalue weighted by atomic mass is 10.0. The van der Waals surface area contributed by atoms with Crippen LogP contribution in [0.1, 0.15) is 44.6 Å². The van der Waals surface area contributed by atoms with Crippen LogP contribution >= 0.6 is 0 Å². The number of amides is 1. The number of anilines is 1. The first-order valence-electron chi connectivity index (χ1n) is 10.2.